The third-order valence-corrected chi connectivity index (χ3v) is 1.86. The van der Waals surface area contributed by atoms with Gasteiger partial charge in [0.1, 0.15) is 0 Å². The summed E-state index contributed by atoms with van der Waals surface area (Å²) >= 11 is 0. The molecule has 0 spiro atoms. The Balaban J connectivity index is 2.66. The highest BCUT2D eigenvalue weighted by Gasteiger charge is 2.01. The fraction of sp³-hybridized carbons (Fsp3) is 0.300. The van der Waals surface area contributed by atoms with Gasteiger partial charge in [0.05, 0.1) is 0 Å². The van der Waals surface area contributed by atoms with Crippen molar-refractivity contribution in [3.63, 3.8) is 0 Å². The topological polar surface area (TPSA) is 77.3 Å². The van der Waals surface area contributed by atoms with Crippen molar-refractivity contribution in [3.8, 4) is 0 Å². The zero-order valence-electron chi connectivity index (χ0n) is 8.84. The molecule has 0 aliphatic rings. The van der Waals surface area contributed by atoms with E-state index in [1.165, 1.54) is 12.0 Å². The molecule has 0 saturated carbocycles. The highest BCUT2D eigenvalue weighted by atomic mass is 16.4. The molecule has 1 aromatic heterocycles. The molecule has 0 atom stereocenters. The van der Waals surface area contributed by atoms with Crippen LogP contribution in [-0.2, 0) is 0 Å². The number of rotatable bonds is 4. The van der Waals surface area contributed by atoms with Gasteiger partial charge in [0.2, 0.25) is 6.39 Å². The van der Waals surface area contributed by atoms with Gasteiger partial charge in [-0.05, 0) is 19.4 Å². The average molecular weight is 206 g/mol. The Labute approximate surface area is 88.4 Å². The normalized spacial score (nSPS) is 13.7. The van der Waals surface area contributed by atoms with Gasteiger partial charge in [-0.1, -0.05) is 18.6 Å². The fourth-order valence-corrected chi connectivity index (χ4v) is 0.971. The van der Waals surface area contributed by atoms with Crippen LogP contribution in [0.4, 0.5) is 0 Å². The summed E-state index contributed by atoms with van der Waals surface area (Å²) in [5, 5.41) is 7.14. The van der Waals surface area contributed by atoms with Crippen LogP contribution < -0.4 is 5.73 Å². The van der Waals surface area contributed by atoms with E-state index in [2.05, 4.69) is 22.1 Å². The number of nitrogens with zero attached hydrogens (tertiary/aromatic N) is 3. The molecule has 0 fully saturated rings. The van der Waals surface area contributed by atoms with E-state index >= 15 is 0 Å². The highest BCUT2D eigenvalue weighted by molar-refractivity contribution is 5.93. The zero-order chi connectivity index (χ0) is 11.1. The molecule has 5 heteroatoms. The number of nitrogens with two attached hydrogens (primary N) is 1. The number of hydrogen-bond donors (Lipinski definition) is 1. The van der Waals surface area contributed by atoms with Gasteiger partial charge >= 0.3 is 0 Å². The summed E-state index contributed by atoms with van der Waals surface area (Å²) in [6.45, 7) is 4.05. The summed E-state index contributed by atoms with van der Waals surface area (Å²) in [5.41, 5.74) is 6.78. The van der Waals surface area contributed by atoms with Crippen LogP contribution in [0, 0.1) is 0 Å². The molecule has 0 aromatic carbocycles. The summed E-state index contributed by atoms with van der Waals surface area (Å²) in [7, 11) is 0. The molecule has 80 valence electrons. The molecule has 0 radical (unpaired) electrons. The molecular weight excluding hydrogens is 192 g/mol. The van der Waals surface area contributed by atoms with Crippen molar-refractivity contribution in [1.29, 1.82) is 0 Å². The molecule has 1 aromatic rings. The predicted octanol–water partition coefficient (Wildman–Crippen LogP) is 1.64. The predicted molar refractivity (Wildman–Crippen MR) is 58.2 cm³/mol. The van der Waals surface area contributed by atoms with Crippen molar-refractivity contribution in [2.75, 3.05) is 0 Å². The lowest BCUT2D eigenvalue weighted by molar-refractivity contribution is 0.542. The van der Waals surface area contributed by atoms with Gasteiger partial charge in [-0.25, -0.2) is 4.99 Å². The van der Waals surface area contributed by atoms with Crippen LogP contribution in [0.2, 0.25) is 0 Å². The Morgan fingerprint density at radius 2 is 2.47 bits per heavy atom. The van der Waals surface area contributed by atoms with E-state index in [0.29, 0.717) is 0 Å². The Hall–Kier alpha value is -1.91. The van der Waals surface area contributed by atoms with Crippen LogP contribution in [0.5, 0.6) is 0 Å². The number of aliphatic imine (C=N–C) groups is 1. The smallest absolute Gasteiger partial charge is 0.282 e. The van der Waals surface area contributed by atoms with E-state index in [1.807, 2.05) is 19.1 Å². The summed E-state index contributed by atoms with van der Waals surface area (Å²) in [6, 6.07) is 0. The van der Waals surface area contributed by atoms with E-state index in [9.17, 15) is 0 Å². The zero-order valence-corrected chi connectivity index (χ0v) is 8.84. The van der Waals surface area contributed by atoms with Gasteiger partial charge in [0, 0.05) is 6.20 Å². The SMILES string of the molecule is C/C=C(\C=C/N=C(N)c1nnco1)CC. The first-order valence-electron chi connectivity index (χ1n) is 4.69. The molecule has 0 saturated heterocycles. The third-order valence-electron chi connectivity index (χ3n) is 1.86. The Morgan fingerprint density at radius 1 is 1.67 bits per heavy atom. The van der Waals surface area contributed by atoms with Crippen LogP contribution >= 0.6 is 0 Å². The second kappa shape index (κ2) is 5.74. The molecule has 0 amide bonds. The molecule has 1 rings (SSSR count). The lowest BCUT2D eigenvalue weighted by atomic mass is 10.2. The summed E-state index contributed by atoms with van der Waals surface area (Å²) in [4.78, 5) is 3.98. The van der Waals surface area contributed by atoms with Gasteiger partial charge in [0.15, 0.2) is 5.84 Å². The molecular formula is C10H14N4O. The van der Waals surface area contributed by atoms with E-state index < -0.39 is 0 Å². The van der Waals surface area contributed by atoms with Crippen LogP contribution in [0.1, 0.15) is 26.2 Å². The van der Waals surface area contributed by atoms with Crippen molar-refractivity contribution in [1.82, 2.24) is 10.2 Å². The first-order chi connectivity index (χ1) is 7.27. The molecule has 15 heavy (non-hydrogen) atoms. The number of aromatic nitrogens is 2. The lowest BCUT2D eigenvalue weighted by Gasteiger charge is -1.92. The average Bonchev–Trinajstić information content (AvgIpc) is 2.77. The van der Waals surface area contributed by atoms with E-state index in [-0.39, 0.29) is 11.7 Å². The van der Waals surface area contributed by atoms with Crippen LogP contribution in [0.15, 0.2) is 39.7 Å². The monoisotopic (exact) mass is 206 g/mol. The molecule has 0 bridgehead atoms. The van der Waals surface area contributed by atoms with Crippen molar-refractivity contribution < 1.29 is 4.42 Å². The first-order valence-corrected chi connectivity index (χ1v) is 4.69. The van der Waals surface area contributed by atoms with Crippen molar-refractivity contribution in [2.24, 2.45) is 10.7 Å². The Morgan fingerprint density at radius 3 is 3.00 bits per heavy atom. The second-order valence-corrected chi connectivity index (χ2v) is 2.79. The Bertz CT molecular complexity index is 376. The lowest BCUT2D eigenvalue weighted by Crippen LogP contribution is -2.13. The van der Waals surface area contributed by atoms with E-state index in [0.717, 1.165) is 6.42 Å². The number of hydrogen-bond acceptors (Lipinski definition) is 4. The van der Waals surface area contributed by atoms with Crippen molar-refractivity contribution in [3.05, 3.63) is 36.2 Å². The highest BCUT2D eigenvalue weighted by Crippen LogP contribution is 2.01. The maximum atomic E-state index is 5.59. The van der Waals surface area contributed by atoms with E-state index in [4.69, 9.17) is 10.2 Å². The van der Waals surface area contributed by atoms with Gasteiger partial charge in [0.25, 0.3) is 5.89 Å². The Kier molecular flexibility index (Phi) is 4.28. The third kappa shape index (κ3) is 3.38. The molecule has 1 heterocycles. The first kappa shape index (κ1) is 11.2. The van der Waals surface area contributed by atoms with Gasteiger partial charge < -0.3 is 10.2 Å². The van der Waals surface area contributed by atoms with Gasteiger partial charge in [-0.2, -0.15) is 0 Å². The van der Waals surface area contributed by atoms with Crippen LogP contribution in [0.3, 0.4) is 0 Å². The summed E-state index contributed by atoms with van der Waals surface area (Å²) in [5.74, 6) is 0.452. The minimum Gasteiger partial charge on any atom is -0.421 e. The number of allylic oxidation sites excluding steroid dienone is 3. The summed E-state index contributed by atoms with van der Waals surface area (Å²) in [6.07, 6.45) is 7.71. The molecule has 0 aliphatic heterocycles. The minimum atomic E-state index is 0.218. The standard InChI is InChI=1S/C10H14N4O/c1-3-8(4-2)5-6-12-9(11)10-14-13-7-15-10/h3,5-7H,4H2,1-2H3,(H2,11,12)/b6-5-,8-3-. The molecule has 0 unspecified atom stereocenters. The van der Waals surface area contributed by atoms with Gasteiger partial charge in [-0.15, -0.1) is 10.2 Å². The molecule has 2 N–H and O–H groups in total. The maximum Gasteiger partial charge on any atom is 0.282 e. The largest absolute Gasteiger partial charge is 0.421 e. The maximum absolute atomic E-state index is 5.59. The van der Waals surface area contributed by atoms with Crippen molar-refractivity contribution >= 4 is 5.84 Å². The van der Waals surface area contributed by atoms with Crippen LogP contribution in [0.25, 0.3) is 0 Å². The van der Waals surface area contributed by atoms with E-state index in [1.54, 1.807) is 6.20 Å². The molecule has 5 nitrogen and oxygen atoms in total. The molecule has 0 aliphatic carbocycles. The van der Waals surface area contributed by atoms with Gasteiger partial charge in [-0.3, -0.25) is 0 Å². The quantitative estimate of drug-likeness (QED) is 0.461. The summed E-state index contributed by atoms with van der Waals surface area (Å²) < 4.78 is 4.88. The van der Waals surface area contributed by atoms with Crippen molar-refractivity contribution in [2.45, 2.75) is 20.3 Å². The second-order valence-electron chi connectivity index (χ2n) is 2.79. The fourth-order valence-electron chi connectivity index (χ4n) is 0.971. The minimum absolute atomic E-state index is 0.218. The number of amidine groups is 1. The van der Waals surface area contributed by atoms with Crippen LogP contribution in [-0.4, -0.2) is 16.0 Å².